The maximum Gasteiger partial charge on any atom is 0.307 e. The molecule has 8 heteroatoms. The topological polar surface area (TPSA) is 101 Å². The first-order valence-electron chi connectivity index (χ1n) is 14.8. The van der Waals surface area contributed by atoms with E-state index in [1.54, 1.807) is 6.92 Å². The molecule has 7 heterocycles. The minimum atomic E-state index is -0.867. The Kier molecular flexibility index (Phi) is 7.56. The van der Waals surface area contributed by atoms with Gasteiger partial charge in [0.2, 0.25) is 0 Å². The van der Waals surface area contributed by atoms with Gasteiger partial charge in [-0.3, -0.25) is 9.59 Å². The Bertz CT molecular complexity index is 1590. The molecule has 0 radical (unpaired) electrons. The zero-order valence-corrected chi connectivity index (χ0v) is 23.8. The molecule has 8 nitrogen and oxygen atoms in total. The zero-order valence-electron chi connectivity index (χ0n) is 23.8. The van der Waals surface area contributed by atoms with Crippen LogP contribution in [0, 0.1) is 12.8 Å². The summed E-state index contributed by atoms with van der Waals surface area (Å²) in [6.07, 6.45) is 9.17. The van der Waals surface area contributed by atoms with Gasteiger partial charge in [-0.05, 0) is 78.1 Å². The van der Waals surface area contributed by atoms with Crippen molar-refractivity contribution in [1.29, 1.82) is 0 Å². The first kappa shape index (κ1) is 27.1. The van der Waals surface area contributed by atoms with Crippen LogP contribution in [0.25, 0.3) is 11.2 Å². The molecule has 0 aliphatic carbocycles. The van der Waals surface area contributed by atoms with Gasteiger partial charge in [0, 0.05) is 37.3 Å². The molecule has 1 amide bonds. The van der Waals surface area contributed by atoms with Crippen molar-refractivity contribution >= 4 is 23.0 Å². The molecule has 0 spiro atoms. The second-order valence-electron chi connectivity index (χ2n) is 11.6. The summed E-state index contributed by atoms with van der Waals surface area (Å²) in [7, 11) is 0. The number of nitrogens with zero attached hydrogens (tertiary/aromatic N) is 5. The smallest absolute Gasteiger partial charge is 0.307 e. The maximum absolute atomic E-state index is 13.5. The number of aromatic nitrogens is 4. The summed E-state index contributed by atoms with van der Waals surface area (Å²) < 4.78 is 1.88. The highest BCUT2D eigenvalue weighted by atomic mass is 16.4. The number of aryl methyl sites for hydroxylation is 3. The molecule has 0 saturated carbocycles. The average molecular weight is 552 g/mol. The molecular formula is C33H37N5O3. The van der Waals surface area contributed by atoms with Crippen molar-refractivity contribution in [3.8, 4) is 0 Å². The molecule has 9 bridgehead atoms. The van der Waals surface area contributed by atoms with Crippen LogP contribution in [0.15, 0.2) is 48.7 Å². The maximum atomic E-state index is 13.5. The largest absolute Gasteiger partial charge is 0.481 e. The number of carbonyl (C=O) groups excluding carboxylic acids is 1. The van der Waals surface area contributed by atoms with E-state index in [9.17, 15) is 14.7 Å². The van der Waals surface area contributed by atoms with Crippen LogP contribution in [-0.2, 0) is 30.7 Å². The summed E-state index contributed by atoms with van der Waals surface area (Å²) in [4.78, 5) is 32.5. The van der Waals surface area contributed by atoms with Crippen molar-refractivity contribution in [3.05, 3.63) is 87.6 Å². The van der Waals surface area contributed by atoms with Gasteiger partial charge in [0.1, 0.15) is 5.52 Å². The van der Waals surface area contributed by atoms with Crippen LogP contribution in [0.3, 0.4) is 0 Å². The molecule has 0 saturated heterocycles. The quantitative estimate of drug-likeness (QED) is 0.343. The van der Waals surface area contributed by atoms with E-state index in [-0.39, 0.29) is 5.91 Å². The lowest BCUT2D eigenvalue weighted by molar-refractivity contribution is -0.141. The molecule has 2 aromatic carbocycles. The minimum absolute atomic E-state index is 0.0371. The summed E-state index contributed by atoms with van der Waals surface area (Å²) in [6, 6.07) is 14.3. The van der Waals surface area contributed by atoms with Crippen LogP contribution in [0.5, 0.6) is 0 Å². The molecule has 2 aromatic heterocycles. The zero-order chi connectivity index (χ0) is 28.5. The molecule has 1 N–H and O–H groups in total. The first-order chi connectivity index (χ1) is 19.9. The highest BCUT2D eigenvalue weighted by molar-refractivity contribution is 5.94. The summed E-state index contributed by atoms with van der Waals surface area (Å²) in [5.74, 6) is -1.93. The second kappa shape index (κ2) is 11.4. The predicted molar refractivity (Wildman–Crippen MR) is 157 cm³/mol. The van der Waals surface area contributed by atoms with Crippen molar-refractivity contribution in [1.82, 2.24) is 24.9 Å². The van der Waals surface area contributed by atoms with Gasteiger partial charge >= 0.3 is 5.97 Å². The SMILES string of the molecule is Cc1c2cnc3c1nnn3CCCCCCCc1ccc(cc1)C(=O)N1CCc3ccc(cc3C1)[C@@H]2[C@@H](C)C(=O)O. The Morgan fingerprint density at radius 2 is 1.76 bits per heavy atom. The van der Waals surface area contributed by atoms with Crippen LogP contribution in [0.4, 0.5) is 0 Å². The highest BCUT2D eigenvalue weighted by Crippen LogP contribution is 2.37. The Balaban J connectivity index is 1.41. The van der Waals surface area contributed by atoms with Crippen LogP contribution in [-0.4, -0.2) is 48.4 Å². The van der Waals surface area contributed by atoms with Crippen LogP contribution < -0.4 is 0 Å². The monoisotopic (exact) mass is 551 g/mol. The van der Waals surface area contributed by atoms with E-state index in [0.717, 1.165) is 84.9 Å². The standard InChI is InChI=1S/C33H37N5O3/c1-21-28-19-34-31-30(21)35-36-38(31)16-7-5-3-4-6-8-23-9-11-25(12-10-23)32(39)37-17-15-24-13-14-26(18-27(24)20-37)29(28)22(2)33(40)41/h9-14,18-19,22,29H,3-8,15-17,20H2,1-2H3,(H,40,41)/t22-,29+/m1/s1. The number of benzene rings is 2. The lowest BCUT2D eigenvalue weighted by Crippen LogP contribution is -2.36. The molecule has 41 heavy (non-hydrogen) atoms. The predicted octanol–water partition coefficient (Wildman–Crippen LogP) is 5.69. The number of carbonyl (C=O) groups is 2. The fraction of sp³-hybridized carbons (Fsp3) is 0.424. The van der Waals surface area contributed by atoms with E-state index in [2.05, 4.69) is 34.6 Å². The second-order valence-corrected chi connectivity index (χ2v) is 11.6. The number of carboxylic acid groups (broad SMARTS) is 1. The van der Waals surface area contributed by atoms with E-state index >= 15 is 0 Å². The molecular weight excluding hydrogens is 514 g/mol. The van der Waals surface area contributed by atoms with Crippen LogP contribution >= 0.6 is 0 Å². The minimum Gasteiger partial charge on any atom is -0.481 e. The molecule has 5 aliphatic rings. The summed E-state index contributed by atoms with van der Waals surface area (Å²) in [6.45, 7) is 5.66. The van der Waals surface area contributed by atoms with Gasteiger partial charge in [0.15, 0.2) is 5.65 Å². The highest BCUT2D eigenvalue weighted by Gasteiger charge is 2.31. The summed E-state index contributed by atoms with van der Waals surface area (Å²) in [5, 5.41) is 19.0. The summed E-state index contributed by atoms with van der Waals surface area (Å²) >= 11 is 0. The normalized spacial score (nSPS) is 18.8. The van der Waals surface area contributed by atoms with E-state index in [0.29, 0.717) is 18.7 Å². The van der Waals surface area contributed by atoms with Gasteiger partial charge < -0.3 is 10.0 Å². The number of carboxylic acids is 1. The Morgan fingerprint density at radius 1 is 0.976 bits per heavy atom. The number of amides is 1. The number of hydrogen-bond acceptors (Lipinski definition) is 5. The van der Waals surface area contributed by atoms with Crippen molar-refractivity contribution < 1.29 is 14.7 Å². The average Bonchev–Trinajstić information content (AvgIpc) is 3.40. The number of pyridine rings is 1. The summed E-state index contributed by atoms with van der Waals surface area (Å²) in [5.41, 5.74) is 8.39. The number of rotatable bonds is 2. The molecule has 0 unspecified atom stereocenters. The third-order valence-electron chi connectivity index (χ3n) is 8.97. The Labute approximate surface area is 240 Å². The van der Waals surface area contributed by atoms with E-state index in [1.807, 2.05) is 40.9 Å². The van der Waals surface area contributed by atoms with Crippen molar-refractivity contribution in [2.75, 3.05) is 6.54 Å². The molecule has 212 valence electrons. The van der Waals surface area contributed by atoms with Crippen molar-refractivity contribution in [2.45, 2.75) is 77.8 Å². The number of aliphatic carboxylic acids is 1. The number of hydrogen-bond donors (Lipinski definition) is 1. The van der Waals surface area contributed by atoms with E-state index in [4.69, 9.17) is 4.98 Å². The third-order valence-corrected chi connectivity index (χ3v) is 8.97. The fourth-order valence-corrected chi connectivity index (χ4v) is 6.45. The van der Waals surface area contributed by atoms with Gasteiger partial charge in [-0.2, -0.15) is 0 Å². The molecule has 9 rings (SSSR count). The lowest BCUT2D eigenvalue weighted by atomic mass is 9.79. The van der Waals surface area contributed by atoms with Gasteiger partial charge in [0.05, 0.1) is 5.92 Å². The van der Waals surface area contributed by atoms with Crippen LogP contribution in [0.1, 0.15) is 88.7 Å². The first-order valence-corrected chi connectivity index (χ1v) is 14.8. The van der Waals surface area contributed by atoms with Gasteiger partial charge in [0.25, 0.3) is 5.91 Å². The lowest BCUT2D eigenvalue weighted by Gasteiger charge is -2.31. The van der Waals surface area contributed by atoms with E-state index < -0.39 is 17.8 Å². The van der Waals surface area contributed by atoms with E-state index in [1.165, 1.54) is 11.1 Å². The van der Waals surface area contributed by atoms with Crippen molar-refractivity contribution in [3.63, 3.8) is 0 Å². The van der Waals surface area contributed by atoms with Crippen LogP contribution in [0.2, 0.25) is 0 Å². The molecule has 2 atom stereocenters. The fourth-order valence-electron chi connectivity index (χ4n) is 6.45. The third kappa shape index (κ3) is 5.35. The van der Waals surface area contributed by atoms with Gasteiger partial charge in [-0.15, -0.1) is 5.10 Å². The Hall–Kier alpha value is -4.07. The Morgan fingerprint density at radius 3 is 2.56 bits per heavy atom. The molecule has 4 aromatic rings. The molecule has 5 aliphatic heterocycles. The van der Waals surface area contributed by atoms with Crippen molar-refractivity contribution in [2.24, 2.45) is 5.92 Å². The van der Waals surface area contributed by atoms with Gasteiger partial charge in [-0.25, -0.2) is 9.67 Å². The molecule has 0 fully saturated rings. The van der Waals surface area contributed by atoms with Gasteiger partial charge in [-0.1, -0.05) is 61.7 Å².